The molecule has 92 valence electrons. The third kappa shape index (κ3) is 8.00. The lowest BCUT2D eigenvalue weighted by molar-refractivity contribution is 0.347. The first-order valence-corrected chi connectivity index (χ1v) is 9.02. The van der Waals surface area contributed by atoms with E-state index in [1.807, 2.05) is 0 Å². The van der Waals surface area contributed by atoms with Crippen molar-refractivity contribution in [2.75, 3.05) is 6.54 Å². The van der Waals surface area contributed by atoms with Gasteiger partial charge in [0.15, 0.2) is 8.40 Å². The molecule has 15 heavy (non-hydrogen) atoms. The molecule has 0 unspecified atom stereocenters. The van der Waals surface area contributed by atoms with Crippen LogP contribution in [-0.2, 0) is 0 Å². The van der Waals surface area contributed by atoms with Gasteiger partial charge in [-0.3, -0.25) is 0 Å². The normalized spacial score (nSPS) is 14.4. The maximum absolute atomic E-state index is 3.73. The van der Waals surface area contributed by atoms with Crippen LogP contribution in [0.1, 0.15) is 48.0 Å². The highest BCUT2D eigenvalue weighted by Gasteiger charge is 2.28. The second-order valence-corrected chi connectivity index (χ2v) is 10.7. The average Bonchev–Trinajstić information content (AvgIpc) is 1.97. The van der Waals surface area contributed by atoms with Crippen molar-refractivity contribution in [2.24, 2.45) is 5.41 Å². The van der Waals surface area contributed by atoms with Crippen molar-refractivity contribution in [3.05, 3.63) is 0 Å². The molecule has 2 nitrogen and oxygen atoms in total. The summed E-state index contributed by atoms with van der Waals surface area (Å²) in [7, 11) is -1.46. The molecule has 0 heterocycles. The molecule has 0 aliphatic rings. The van der Waals surface area contributed by atoms with E-state index in [1.54, 1.807) is 0 Å². The lowest BCUT2D eigenvalue weighted by Gasteiger charge is -2.36. The van der Waals surface area contributed by atoms with Gasteiger partial charge in [-0.2, -0.15) is 0 Å². The van der Waals surface area contributed by atoms with Crippen LogP contribution >= 0.6 is 0 Å². The van der Waals surface area contributed by atoms with Crippen molar-refractivity contribution >= 4 is 8.40 Å². The van der Waals surface area contributed by atoms with E-state index in [4.69, 9.17) is 0 Å². The molecule has 0 aromatic heterocycles. The second-order valence-electron chi connectivity index (χ2n) is 6.87. The third-order valence-corrected chi connectivity index (χ3v) is 5.09. The number of nitrogens with one attached hydrogen (secondary N) is 2. The molecule has 3 heteroatoms. The zero-order chi connectivity index (χ0) is 12.3. The van der Waals surface area contributed by atoms with Crippen LogP contribution in [-0.4, -0.2) is 20.5 Å². The highest BCUT2D eigenvalue weighted by atomic mass is 28.3. The third-order valence-electron chi connectivity index (χ3n) is 2.65. The van der Waals surface area contributed by atoms with Gasteiger partial charge in [-0.15, -0.1) is 0 Å². The Morgan fingerprint density at radius 1 is 1.00 bits per heavy atom. The van der Waals surface area contributed by atoms with E-state index in [2.05, 4.69) is 64.6 Å². The van der Waals surface area contributed by atoms with Crippen molar-refractivity contribution in [1.29, 1.82) is 0 Å². The van der Waals surface area contributed by atoms with Crippen LogP contribution in [0.2, 0.25) is 13.1 Å². The Labute approximate surface area is 97.4 Å². The summed E-state index contributed by atoms with van der Waals surface area (Å²) in [5.74, 6) is 0. The van der Waals surface area contributed by atoms with Crippen molar-refractivity contribution in [3.63, 3.8) is 0 Å². The smallest absolute Gasteiger partial charge is 0.195 e. The maximum atomic E-state index is 3.73. The fraction of sp³-hybridized carbons (Fsp3) is 1.00. The Kier molecular flexibility index (Phi) is 5.02. The first-order chi connectivity index (χ1) is 6.47. The van der Waals surface area contributed by atoms with Crippen molar-refractivity contribution in [1.82, 2.24) is 9.96 Å². The van der Waals surface area contributed by atoms with Crippen LogP contribution in [0.3, 0.4) is 0 Å². The number of hydrogen-bond acceptors (Lipinski definition) is 2. The minimum Gasteiger partial charge on any atom is -0.325 e. The van der Waals surface area contributed by atoms with Gasteiger partial charge in [0.2, 0.25) is 0 Å². The lowest BCUT2D eigenvalue weighted by atomic mass is 9.91. The highest BCUT2D eigenvalue weighted by Crippen LogP contribution is 2.18. The van der Waals surface area contributed by atoms with E-state index < -0.39 is 8.40 Å². The van der Waals surface area contributed by atoms with E-state index in [1.165, 1.54) is 6.42 Å². The molecule has 0 amide bonds. The maximum Gasteiger partial charge on any atom is 0.195 e. The van der Waals surface area contributed by atoms with Crippen molar-refractivity contribution in [2.45, 2.75) is 66.6 Å². The van der Waals surface area contributed by atoms with Crippen LogP contribution in [0.15, 0.2) is 0 Å². The van der Waals surface area contributed by atoms with Gasteiger partial charge >= 0.3 is 0 Å². The fourth-order valence-corrected chi connectivity index (χ4v) is 4.45. The molecule has 0 spiro atoms. The second kappa shape index (κ2) is 4.98. The SMILES string of the molecule is CCC(C)(C)CN[Si](C)(C)NC(C)(C)C. The Bertz CT molecular complexity index is 192. The van der Waals surface area contributed by atoms with Crippen LogP contribution in [0, 0.1) is 5.41 Å². The molecule has 2 N–H and O–H groups in total. The topological polar surface area (TPSA) is 24.1 Å². The number of rotatable bonds is 5. The van der Waals surface area contributed by atoms with Crippen molar-refractivity contribution in [3.8, 4) is 0 Å². The van der Waals surface area contributed by atoms with Crippen LogP contribution in [0.25, 0.3) is 0 Å². The molecule has 0 saturated carbocycles. The van der Waals surface area contributed by atoms with Gasteiger partial charge in [0, 0.05) is 5.54 Å². The van der Waals surface area contributed by atoms with Gasteiger partial charge in [-0.1, -0.05) is 20.8 Å². The summed E-state index contributed by atoms with van der Waals surface area (Å²) in [4.78, 5) is 7.45. The summed E-state index contributed by atoms with van der Waals surface area (Å²) in [6, 6.07) is 0. The Hall–Kier alpha value is 0.137. The van der Waals surface area contributed by atoms with Gasteiger partial charge in [0.05, 0.1) is 0 Å². The molecular weight excluding hydrogens is 200 g/mol. The van der Waals surface area contributed by atoms with E-state index in [0.717, 1.165) is 6.54 Å². The van der Waals surface area contributed by atoms with Gasteiger partial charge in [0.1, 0.15) is 0 Å². The first-order valence-electron chi connectivity index (χ1n) is 6.02. The van der Waals surface area contributed by atoms with Gasteiger partial charge in [-0.25, -0.2) is 0 Å². The summed E-state index contributed by atoms with van der Waals surface area (Å²) in [6.45, 7) is 19.4. The largest absolute Gasteiger partial charge is 0.325 e. The van der Waals surface area contributed by atoms with E-state index >= 15 is 0 Å². The van der Waals surface area contributed by atoms with Crippen LogP contribution in [0.4, 0.5) is 0 Å². The first kappa shape index (κ1) is 15.1. The molecule has 0 aromatic rings. The summed E-state index contributed by atoms with van der Waals surface area (Å²) in [5, 5.41) is 0. The molecule has 0 saturated heterocycles. The van der Waals surface area contributed by atoms with Gasteiger partial charge in [0.25, 0.3) is 0 Å². The molecule has 0 radical (unpaired) electrons. The Balaban J connectivity index is 4.16. The molecule has 0 aromatic carbocycles. The minimum absolute atomic E-state index is 0.207. The summed E-state index contributed by atoms with van der Waals surface area (Å²) >= 11 is 0. The summed E-state index contributed by atoms with van der Waals surface area (Å²) in [6.07, 6.45) is 1.22. The minimum atomic E-state index is -1.46. The standard InChI is InChI=1S/C12H30N2Si/c1-9-12(5,6)10-13-15(7,8)14-11(2,3)4/h13-14H,9-10H2,1-8H3. The summed E-state index contributed by atoms with van der Waals surface area (Å²) in [5.41, 5.74) is 0.614. The van der Waals surface area contributed by atoms with Gasteiger partial charge < -0.3 is 9.96 Å². The molecule has 0 rings (SSSR count). The zero-order valence-corrected chi connectivity index (χ0v) is 12.9. The molecule has 0 atom stereocenters. The monoisotopic (exact) mass is 230 g/mol. The molecule has 0 aliphatic heterocycles. The van der Waals surface area contributed by atoms with E-state index in [0.29, 0.717) is 5.41 Å². The molecule has 0 fully saturated rings. The fourth-order valence-electron chi connectivity index (χ4n) is 1.57. The molecule has 0 aliphatic carbocycles. The van der Waals surface area contributed by atoms with Crippen LogP contribution in [0.5, 0.6) is 0 Å². The average molecular weight is 230 g/mol. The Morgan fingerprint density at radius 3 is 1.80 bits per heavy atom. The molecular formula is C12H30N2Si. The predicted molar refractivity (Wildman–Crippen MR) is 72.4 cm³/mol. The number of hydrogen-bond donors (Lipinski definition) is 2. The van der Waals surface area contributed by atoms with Crippen molar-refractivity contribution < 1.29 is 0 Å². The summed E-state index contributed by atoms with van der Waals surface area (Å²) < 4.78 is 0. The predicted octanol–water partition coefficient (Wildman–Crippen LogP) is 3.10. The molecule has 0 bridgehead atoms. The zero-order valence-electron chi connectivity index (χ0n) is 11.9. The highest BCUT2D eigenvalue weighted by molar-refractivity contribution is 6.72. The van der Waals surface area contributed by atoms with Crippen LogP contribution < -0.4 is 9.96 Å². The Morgan fingerprint density at radius 2 is 1.47 bits per heavy atom. The lowest BCUT2D eigenvalue weighted by Crippen LogP contribution is -2.64. The van der Waals surface area contributed by atoms with E-state index in [-0.39, 0.29) is 5.54 Å². The van der Waals surface area contributed by atoms with E-state index in [9.17, 15) is 0 Å². The quantitative estimate of drug-likeness (QED) is 0.709. The van der Waals surface area contributed by atoms with Gasteiger partial charge in [-0.05, 0) is 52.2 Å².